The molecule has 6 N–H and O–H groups in total. The normalized spacial score (nSPS) is 21.6. The van der Waals surface area contributed by atoms with E-state index in [9.17, 15) is 28.8 Å². The maximum atomic E-state index is 14.4. The smallest absolute Gasteiger partial charge is 0.272 e. The maximum absolute atomic E-state index is 14.4. The highest BCUT2D eigenvalue weighted by Crippen LogP contribution is 2.21. The van der Waals surface area contributed by atoms with Crippen LogP contribution in [0.2, 0.25) is 0 Å². The number of para-hydroxylation sites is 1. The van der Waals surface area contributed by atoms with E-state index in [4.69, 9.17) is 4.74 Å². The van der Waals surface area contributed by atoms with Gasteiger partial charge in [-0.2, -0.15) is 5.10 Å². The molecule has 0 aliphatic carbocycles. The van der Waals surface area contributed by atoms with E-state index >= 15 is 0 Å². The Bertz CT molecular complexity index is 2140. The molecule has 0 radical (unpaired) electrons. The highest BCUT2D eigenvalue weighted by atomic mass is 16.5. The van der Waals surface area contributed by atoms with Crippen LogP contribution in [0.1, 0.15) is 82.5 Å². The summed E-state index contributed by atoms with van der Waals surface area (Å²) in [5, 5.41) is 19.5. The zero-order valence-electron chi connectivity index (χ0n) is 35.7. The fourth-order valence-electron chi connectivity index (χ4n) is 7.22. The van der Waals surface area contributed by atoms with E-state index in [1.807, 2.05) is 65.8 Å². The van der Waals surface area contributed by atoms with Crippen molar-refractivity contribution in [3.8, 4) is 5.75 Å². The summed E-state index contributed by atoms with van der Waals surface area (Å²) in [6.07, 6.45) is 3.61. The fourth-order valence-corrected chi connectivity index (χ4v) is 7.22. The lowest BCUT2D eigenvalue weighted by Gasteiger charge is -2.32. The van der Waals surface area contributed by atoms with Crippen LogP contribution in [0.5, 0.6) is 5.75 Å². The monoisotopic (exact) mass is 825 g/mol. The van der Waals surface area contributed by atoms with Crippen LogP contribution in [-0.4, -0.2) is 106 Å². The number of benzene rings is 2. The van der Waals surface area contributed by atoms with Crippen molar-refractivity contribution in [3.63, 3.8) is 0 Å². The molecule has 1 aliphatic heterocycles. The van der Waals surface area contributed by atoms with Crippen molar-refractivity contribution in [1.29, 1.82) is 0 Å². The summed E-state index contributed by atoms with van der Waals surface area (Å²) in [6, 6.07) is 10.8. The van der Waals surface area contributed by atoms with Gasteiger partial charge < -0.3 is 41.2 Å². The van der Waals surface area contributed by atoms with Gasteiger partial charge in [0.25, 0.3) is 5.91 Å². The lowest BCUT2D eigenvalue weighted by molar-refractivity contribution is -0.135. The summed E-state index contributed by atoms with van der Waals surface area (Å²) < 4.78 is 6.85. The van der Waals surface area contributed by atoms with E-state index in [2.05, 4.69) is 36.7 Å². The number of nitrogens with zero attached hydrogens (tertiary/aromatic N) is 3. The first-order chi connectivity index (χ1) is 28.5. The predicted molar refractivity (Wildman–Crippen MR) is 227 cm³/mol. The van der Waals surface area contributed by atoms with Crippen LogP contribution in [0.15, 0.2) is 67.0 Å². The lowest BCUT2D eigenvalue weighted by Crippen LogP contribution is -2.60. The van der Waals surface area contributed by atoms with Gasteiger partial charge in [-0.15, -0.1) is 0 Å². The first-order valence-corrected chi connectivity index (χ1v) is 20.6. The Morgan fingerprint density at radius 2 is 1.43 bits per heavy atom. The Labute approximate surface area is 350 Å². The molecule has 5 rings (SSSR count). The van der Waals surface area contributed by atoms with Gasteiger partial charge in [0, 0.05) is 54.8 Å². The van der Waals surface area contributed by atoms with E-state index in [-0.39, 0.29) is 49.4 Å². The van der Waals surface area contributed by atoms with Crippen molar-refractivity contribution in [3.05, 3.63) is 83.8 Å². The number of aromatic nitrogens is 3. The summed E-state index contributed by atoms with van der Waals surface area (Å²) in [4.78, 5) is 89.6. The Hall–Kier alpha value is -6.19. The average molecular weight is 826 g/mol. The molecule has 2 aromatic heterocycles. The van der Waals surface area contributed by atoms with Gasteiger partial charge in [-0.1, -0.05) is 58.0 Å². The van der Waals surface area contributed by atoms with Crippen molar-refractivity contribution in [2.45, 2.75) is 104 Å². The number of rotatable bonds is 10. The zero-order chi connectivity index (χ0) is 43.7. The number of ether oxygens (including phenoxy) is 1. The molecule has 0 unspecified atom stereocenters. The van der Waals surface area contributed by atoms with Gasteiger partial charge in [0.1, 0.15) is 35.6 Å². The molecular formula is C44H59N9O7. The number of amides is 6. The number of H-pyrrole nitrogens is 1. The molecule has 322 valence electrons. The van der Waals surface area contributed by atoms with Crippen molar-refractivity contribution in [2.75, 3.05) is 20.2 Å². The number of carbonyl (C=O) groups is 6. The summed E-state index contributed by atoms with van der Waals surface area (Å²) in [6.45, 7) is 12.3. The average Bonchev–Trinajstić information content (AvgIpc) is 3.87. The van der Waals surface area contributed by atoms with Crippen LogP contribution in [0.3, 0.4) is 0 Å². The van der Waals surface area contributed by atoms with Gasteiger partial charge in [0.15, 0.2) is 0 Å². The summed E-state index contributed by atoms with van der Waals surface area (Å²) in [5.41, 5.74) is 2.55. The molecule has 1 aliphatic rings. The van der Waals surface area contributed by atoms with E-state index in [1.165, 1.54) is 18.0 Å². The summed E-state index contributed by atoms with van der Waals surface area (Å²) in [7, 11) is 1.54. The number of aromatic amines is 1. The van der Waals surface area contributed by atoms with Crippen LogP contribution in [0, 0.1) is 11.8 Å². The SMILES string of the molecule is COc1ccc(C[C@@H]2NC(=O)[C@H](CC(C)C)NC(=O)[C@@H](Cc3c[nH]c4ccccc34)NC(=O)CN(C(=O)c3ccnn3C(C)C)C[C@H](C(C)C)NC(=O)[C@@H](C)NC2=O)cc1. The third-order valence-corrected chi connectivity index (χ3v) is 10.6. The predicted octanol–water partition coefficient (Wildman–Crippen LogP) is 3.04. The zero-order valence-corrected chi connectivity index (χ0v) is 35.7. The van der Waals surface area contributed by atoms with Crippen molar-refractivity contribution >= 4 is 46.3 Å². The van der Waals surface area contributed by atoms with Crippen LogP contribution >= 0.6 is 0 Å². The summed E-state index contributed by atoms with van der Waals surface area (Å²) in [5.74, 6) is -3.17. The molecule has 5 atom stereocenters. The lowest BCUT2D eigenvalue weighted by atomic mass is 9.99. The number of hydrogen-bond donors (Lipinski definition) is 6. The quantitative estimate of drug-likeness (QED) is 0.140. The standard InChI is InChI=1S/C44H59N9O7/c1-25(2)19-34-42(57)50-35(20-29-13-15-31(60-8)16-14-29)41(56)47-28(7)40(55)51-37(26(3)4)23-52(44(59)38-17-18-46-53(38)27(5)6)24-39(54)48-36(43(58)49-34)21-30-22-45-33-12-10-9-11-32(30)33/h9-18,22,25-28,34-37,45H,19-21,23-24H2,1-8H3,(H,47,56)(H,48,54)(H,49,58)(H,50,57)(H,51,55)/t28-,34+,35+,36-,37-/m1/s1. The third-order valence-electron chi connectivity index (χ3n) is 10.6. The number of hydrogen-bond acceptors (Lipinski definition) is 8. The van der Waals surface area contributed by atoms with Crippen LogP contribution < -0.4 is 31.3 Å². The first kappa shape index (κ1) is 44.9. The number of methoxy groups -OCH3 is 1. The van der Waals surface area contributed by atoms with Gasteiger partial charge in [0.2, 0.25) is 29.5 Å². The second-order valence-corrected chi connectivity index (χ2v) is 16.5. The van der Waals surface area contributed by atoms with Gasteiger partial charge in [0.05, 0.1) is 13.7 Å². The number of nitrogens with one attached hydrogen (secondary N) is 6. The van der Waals surface area contributed by atoms with Crippen molar-refractivity contribution in [2.24, 2.45) is 11.8 Å². The molecule has 2 aromatic carbocycles. The molecule has 4 aromatic rings. The highest BCUT2D eigenvalue weighted by molar-refractivity contribution is 5.98. The third kappa shape index (κ3) is 11.5. The first-order valence-electron chi connectivity index (χ1n) is 20.6. The Kier molecular flexibility index (Phi) is 15.1. The van der Waals surface area contributed by atoms with Gasteiger partial charge >= 0.3 is 0 Å². The summed E-state index contributed by atoms with van der Waals surface area (Å²) >= 11 is 0. The molecule has 6 amide bonds. The Balaban J connectivity index is 1.56. The molecule has 1 fully saturated rings. The molecule has 16 nitrogen and oxygen atoms in total. The molecule has 16 heteroatoms. The molecule has 0 saturated carbocycles. The molecule has 60 heavy (non-hydrogen) atoms. The Morgan fingerprint density at radius 1 is 0.783 bits per heavy atom. The molecule has 0 spiro atoms. The molecular weight excluding hydrogens is 767 g/mol. The van der Waals surface area contributed by atoms with Gasteiger partial charge in [-0.25, -0.2) is 0 Å². The van der Waals surface area contributed by atoms with E-state index in [1.54, 1.807) is 48.3 Å². The van der Waals surface area contributed by atoms with Crippen LogP contribution in [0.25, 0.3) is 10.9 Å². The minimum atomic E-state index is -1.18. The maximum Gasteiger partial charge on any atom is 0.272 e. The molecule has 1 saturated heterocycles. The Morgan fingerprint density at radius 3 is 2.10 bits per heavy atom. The van der Waals surface area contributed by atoms with E-state index < -0.39 is 72.2 Å². The highest BCUT2D eigenvalue weighted by Gasteiger charge is 2.34. The minimum absolute atomic E-state index is 0.0523. The van der Waals surface area contributed by atoms with E-state index in [0.29, 0.717) is 11.3 Å². The van der Waals surface area contributed by atoms with Gasteiger partial charge in [-0.3, -0.25) is 33.4 Å². The second kappa shape index (κ2) is 20.2. The van der Waals surface area contributed by atoms with Crippen LogP contribution in [-0.2, 0) is 36.8 Å². The second-order valence-electron chi connectivity index (χ2n) is 16.5. The number of fused-ring (bicyclic) bond motifs is 1. The van der Waals surface area contributed by atoms with E-state index in [0.717, 1.165) is 16.5 Å². The fraction of sp³-hybridized carbons (Fsp3) is 0.477. The van der Waals surface area contributed by atoms with Crippen molar-refractivity contribution < 1.29 is 33.5 Å². The minimum Gasteiger partial charge on any atom is -0.497 e. The molecule has 3 heterocycles. The van der Waals surface area contributed by atoms with Gasteiger partial charge in [-0.05, 0) is 74.4 Å². The van der Waals surface area contributed by atoms with Crippen molar-refractivity contribution in [1.82, 2.24) is 46.2 Å². The topological polar surface area (TPSA) is 209 Å². The molecule has 0 bridgehead atoms. The number of carbonyl (C=O) groups excluding carboxylic acids is 6. The largest absolute Gasteiger partial charge is 0.497 e. The van der Waals surface area contributed by atoms with Crippen LogP contribution in [0.4, 0.5) is 0 Å².